The third kappa shape index (κ3) is 7.82. The molecule has 1 aliphatic rings. The van der Waals surface area contributed by atoms with E-state index in [0.717, 1.165) is 60.8 Å². The number of nitrogens with one attached hydrogen (secondary N) is 2. The van der Waals surface area contributed by atoms with Gasteiger partial charge in [-0.25, -0.2) is 4.98 Å². The number of nitrogens with two attached hydrogens (primary N) is 1. The second-order valence-corrected chi connectivity index (χ2v) is 14.5. The number of fused-ring (bicyclic) bond motifs is 1. The van der Waals surface area contributed by atoms with E-state index in [9.17, 15) is 4.57 Å². The summed E-state index contributed by atoms with van der Waals surface area (Å²) in [5.41, 5.74) is 11.1. The van der Waals surface area contributed by atoms with Crippen LogP contribution in [0.25, 0.3) is 0 Å². The van der Waals surface area contributed by atoms with E-state index in [2.05, 4.69) is 44.9 Å². The molecule has 9 heteroatoms. The number of benzene rings is 2. The van der Waals surface area contributed by atoms with Crippen LogP contribution in [0.15, 0.2) is 42.6 Å². The van der Waals surface area contributed by atoms with Gasteiger partial charge in [0.15, 0.2) is 5.82 Å². The van der Waals surface area contributed by atoms with Crippen LogP contribution in [0.1, 0.15) is 48.8 Å². The maximum atomic E-state index is 12.9. The van der Waals surface area contributed by atoms with Crippen LogP contribution in [0.4, 0.5) is 23.1 Å². The second-order valence-electron chi connectivity index (χ2n) is 10.9. The largest absolute Gasteiger partial charge is 0.338 e. The predicted octanol–water partition coefficient (Wildman–Crippen LogP) is 6.94. The maximum Gasteiger partial charge on any atom is 0.229 e. The molecule has 2 aromatic carbocycles. The molecule has 0 unspecified atom stereocenters. The Bertz CT molecular complexity index is 1400. The van der Waals surface area contributed by atoms with E-state index >= 15 is 0 Å². The molecule has 0 amide bonds. The molecule has 0 spiro atoms. The smallest absolute Gasteiger partial charge is 0.229 e. The Balaban J connectivity index is 1.44. The monoisotopic (exact) mass is 564 g/mol. The molecule has 0 saturated carbocycles. The molecule has 0 fully saturated rings. The first-order chi connectivity index (χ1) is 18.7. The van der Waals surface area contributed by atoms with Crippen molar-refractivity contribution in [3.8, 4) is 6.07 Å². The highest BCUT2D eigenvalue weighted by Gasteiger charge is 2.19. The van der Waals surface area contributed by atoms with Crippen molar-refractivity contribution >= 4 is 47.2 Å². The minimum absolute atomic E-state index is 0.0219. The molecule has 2 atom stereocenters. The Hall–Kier alpha value is -2.91. The van der Waals surface area contributed by atoms with E-state index in [0.29, 0.717) is 29.3 Å². The predicted molar refractivity (Wildman–Crippen MR) is 162 cm³/mol. The topological polar surface area (TPSA) is 117 Å². The lowest BCUT2D eigenvalue weighted by Crippen LogP contribution is -2.12. The van der Waals surface area contributed by atoms with Gasteiger partial charge in [0.2, 0.25) is 5.95 Å². The van der Waals surface area contributed by atoms with Gasteiger partial charge < -0.3 is 20.9 Å². The molecule has 1 aromatic heterocycles. The second kappa shape index (κ2) is 13.0. The molecule has 7 nitrogen and oxygen atoms in total. The molecular weight excluding hydrogens is 527 g/mol. The van der Waals surface area contributed by atoms with Gasteiger partial charge in [-0.1, -0.05) is 42.1 Å². The fourth-order valence-corrected chi connectivity index (χ4v) is 6.55. The summed E-state index contributed by atoms with van der Waals surface area (Å²) in [7, 11) is -2.52. The van der Waals surface area contributed by atoms with E-state index in [1.165, 1.54) is 17.5 Å². The number of hydrogen-bond acceptors (Lipinski definition) is 7. The summed E-state index contributed by atoms with van der Waals surface area (Å²) in [4.78, 5) is 9.01. The van der Waals surface area contributed by atoms with E-state index in [-0.39, 0.29) is 5.92 Å². The molecule has 4 N–H and O–H groups in total. The highest BCUT2D eigenvalue weighted by atomic mass is 35.5. The van der Waals surface area contributed by atoms with Crippen molar-refractivity contribution in [2.24, 2.45) is 17.6 Å². The number of halogens is 1. The molecule has 0 radical (unpaired) electrons. The first-order valence-corrected chi connectivity index (χ1v) is 16.6. The normalized spacial score (nSPS) is 16.1. The fourth-order valence-electron chi connectivity index (χ4n) is 5.19. The van der Waals surface area contributed by atoms with Gasteiger partial charge in [-0.2, -0.15) is 10.2 Å². The molecule has 0 bridgehead atoms. The van der Waals surface area contributed by atoms with E-state index < -0.39 is 7.14 Å². The van der Waals surface area contributed by atoms with Gasteiger partial charge in [-0.15, -0.1) is 0 Å². The first kappa shape index (κ1) is 29.1. The van der Waals surface area contributed by atoms with Crippen LogP contribution in [-0.4, -0.2) is 29.8 Å². The lowest BCUT2D eigenvalue weighted by molar-refractivity contribution is 0.400. The lowest BCUT2D eigenvalue weighted by Gasteiger charge is -2.17. The van der Waals surface area contributed by atoms with Gasteiger partial charge in [0.25, 0.3) is 0 Å². The number of anilines is 4. The average Bonchev–Trinajstić information content (AvgIpc) is 3.11. The third-order valence-electron chi connectivity index (χ3n) is 7.47. The number of aromatic nitrogens is 2. The van der Waals surface area contributed by atoms with E-state index in [4.69, 9.17) is 22.6 Å². The van der Waals surface area contributed by atoms with Gasteiger partial charge in [0.05, 0.1) is 23.9 Å². The van der Waals surface area contributed by atoms with Crippen LogP contribution in [0.2, 0.25) is 5.02 Å². The molecule has 0 aliphatic heterocycles. The Morgan fingerprint density at radius 3 is 2.64 bits per heavy atom. The molecule has 3 aromatic rings. The summed E-state index contributed by atoms with van der Waals surface area (Å²) in [6.07, 6.45) is 9.11. The minimum atomic E-state index is -2.52. The van der Waals surface area contributed by atoms with Crippen LogP contribution in [0, 0.1) is 30.1 Å². The minimum Gasteiger partial charge on any atom is -0.338 e. The zero-order chi connectivity index (χ0) is 28.0. The number of nitrogens with zero attached hydrogens (tertiary/aromatic N) is 3. The van der Waals surface area contributed by atoms with Crippen molar-refractivity contribution in [3.63, 3.8) is 0 Å². The highest BCUT2D eigenvalue weighted by molar-refractivity contribution is 7.70. The Kier molecular flexibility index (Phi) is 9.67. The maximum absolute atomic E-state index is 12.9. The van der Waals surface area contributed by atoms with Crippen molar-refractivity contribution in [1.29, 1.82) is 5.26 Å². The van der Waals surface area contributed by atoms with E-state index in [1.54, 1.807) is 19.5 Å². The van der Waals surface area contributed by atoms with Crippen molar-refractivity contribution in [2.45, 2.75) is 51.9 Å². The van der Waals surface area contributed by atoms with Crippen molar-refractivity contribution in [2.75, 3.05) is 30.5 Å². The van der Waals surface area contributed by atoms with Crippen molar-refractivity contribution in [3.05, 3.63) is 64.3 Å². The number of hydrogen-bond donors (Lipinski definition) is 3. The molecule has 206 valence electrons. The Morgan fingerprint density at radius 1 is 1.15 bits per heavy atom. The molecular formula is C30H38ClN6OP. The van der Waals surface area contributed by atoms with Gasteiger partial charge in [-0.3, -0.25) is 0 Å². The summed E-state index contributed by atoms with van der Waals surface area (Å²) < 4.78 is 12.9. The van der Waals surface area contributed by atoms with Gasteiger partial charge >= 0.3 is 0 Å². The van der Waals surface area contributed by atoms with Crippen molar-refractivity contribution in [1.82, 2.24) is 9.97 Å². The van der Waals surface area contributed by atoms with Crippen molar-refractivity contribution < 1.29 is 4.57 Å². The lowest BCUT2D eigenvalue weighted by atomic mass is 9.91. The number of nitriles is 1. The summed E-state index contributed by atoms with van der Waals surface area (Å²) in [6.45, 7) is 5.95. The van der Waals surface area contributed by atoms with Crippen LogP contribution in [0.5, 0.6) is 0 Å². The standard InChI is InChI=1S/C30H38ClN6OP/c1-20-7-14-27(28(15-20)39(2,3)38)36-29-26(31)19-34-30(37-29)35-25-13-12-23-10-8-21(9-11-24(23)16-25)5-4-6-22(17-32)18-33/h7,12-16,19,21-22H,4-6,8-11,17,32H2,1-3H3,(H2,34,35,36,37)/t21-,22-/m0/s1. The first-order valence-electron chi connectivity index (χ1n) is 13.6. The Labute approximate surface area is 237 Å². The average molecular weight is 565 g/mol. The SMILES string of the molecule is Cc1ccc(Nc2nc(Nc3ccc4c(c3)CC[C@@H](CCC[C@H](C#N)CN)CC4)ncc2Cl)c(P(C)(C)=O)c1. The fraction of sp³-hybridized carbons (Fsp3) is 0.433. The van der Waals surface area contributed by atoms with Gasteiger partial charge in [0, 0.05) is 17.5 Å². The van der Waals surface area contributed by atoms with Crippen LogP contribution < -0.4 is 21.7 Å². The number of aryl methyl sites for hydroxylation is 3. The summed E-state index contributed by atoms with van der Waals surface area (Å²) in [6, 6.07) is 14.6. The van der Waals surface area contributed by atoms with Crippen LogP contribution in [-0.2, 0) is 17.4 Å². The zero-order valence-corrected chi connectivity index (χ0v) is 24.7. The highest BCUT2D eigenvalue weighted by Crippen LogP contribution is 2.39. The molecule has 0 saturated heterocycles. The van der Waals surface area contributed by atoms with Gasteiger partial charge in [-0.05, 0) is 93.7 Å². The molecule has 4 rings (SSSR count). The van der Waals surface area contributed by atoms with Gasteiger partial charge in [0.1, 0.15) is 12.2 Å². The third-order valence-corrected chi connectivity index (χ3v) is 9.28. The summed E-state index contributed by atoms with van der Waals surface area (Å²) >= 11 is 6.44. The Morgan fingerprint density at radius 2 is 1.92 bits per heavy atom. The quantitative estimate of drug-likeness (QED) is 0.180. The van der Waals surface area contributed by atoms with Crippen LogP contribution in [0.3, 0.4) is 0 Å². The van der Waals surface area contributed by atoms with Crippen LogP contribution >= 0.6 is 18.7 Å². The number of rotatable bonds is 10. The molecule has 1 heterocycles. The molecule has 39 heavy (non-hydrogen) atoms. The van der Waals surface area contributed by atoms with E-state index in [1.807, 2.05) is 25.1 Å². The summed E-state index contributed by atoms with van der Waals surface area (Å²) in [5, 5.41) is 16.9. The zero-order valence-electron chi connectivity index (χ0n) is 23.0. The molecule has 1 aliphatic carbocycles. The summed E-state index contributed by atoms with van der Waals surface area (Å²) in [5.74, 6) is 1.54.